The van der Waals surface area contributed by atoms with Gasteiger partial charge in [0.1, 0.15) is 12.9 Å². The fourth-order valence-electron chi connectivity index (χ4n) is 3.93. The second kappa shape index (κ2) is 10.7. The minimum atomic E-state index is -2.63. The molecule has 0 bridgehead atoms. The van der Waals surface area contributed by atoms with Crippen molar-refractivity contribution in [1.29, 1.82) is 0 Å². The molecule has 0 spiro atoms. The number of hydrogen-bond donors (Lipinski definition) is 1. The zero-order chi connectivity index (χ0) is 28.7. The lowest BCUT2D eigenvalue weighted by Crippen LogP contribution is -2.43. The number of fused-ring (bicyclic) bond motifs is 1. The summed E-state index contributed by atoms with van der Waals surface area (Å²) in [5, 5.41) is 10.9. The summed E-state index contributed by atoms with van der Waals surface area (Å²) in [6, 6.07) is 4.86. The first-order valence-corrected chi connectivity index (χ1v) is 12.2. The molecule has 0 unspecified atom stereocenters. The summed E-state index contributed by atoms with van der Waals surface area (Å²) in [6.07, 6.45) is 0.135. The highest BCUT2D eigenvalue weighted by Crippen LogP contribution is 2.30. The van der Waals surface area contributed by atoms with Gasteiger partial charge in [-0.3, -0.25) is 13.9 Å². The molecule has 1 N–H and O–H groups in total. The Bertz CT molecular complexity index is 1840. The molecule has 40 heavy (non-hydrogen) atoms. The Morgan fingerprint density at radius 3 is 2.45 bits per heavy atom. The first-order chi connectivity index (χ1) is 19.0. The molecule has 0 saturated heterocycles. The van der Waals surface area contributed by atoms with E-state index in [-0.39, 0.29) is 41.1 Å². The number of halogens is 6. The van der Waals surface area contributed by atoms with Gasteiger partial charge in [0, 0.05) is 18.6 Å². The van der Waals surface area contributed by atoms with Crippen molar-refractivity contribution >= 4 is 45.7 Å². The van der Waals surface area contributed by atoms with Gasteiger partial charge in [-0.15, -0.1) is 0 Å². The second-order valence-electron chi connectivity index (χ2n) is 8.64. The topological polar surface area (TPSA) is 117 Å². The predicted molar refractivity (Wildman–Crippen MR) is 137 cm³/mol. The SMILES string of the molecule is Cn1cnc(Cn2c(=O)nc(Nc3cc4cn(CC(F)F)nc4cc3Cl)n(Cc3cc(F)c(F)c(Cl)c3)c2=O)n1. The zero-order valence-electron chi connectivity index (χ0n) is 20.3. The largest absolute Gasteiger partial charge is 0.355 e. The Balaban J connectivity index is 1.60. The number of benzene rings is 2. The van der Waals surface area contributed by atoms with Crippen molar-refractivity contribution in [2.24, 2.45) is 7.05 Å². The molecule has 5 aromatic rings. The van der Waals surface area contributed by atoms with E-state index in [1.165, 1.54) is 29.3 Å². The van der Waals surface area contributed by atoms with Crippen molar-refractivity contribution < 1.29 is 17.6 Å². The molecule has 0 radical (unpaired) electrons. The molecule has 0 amide bonds. The van der Waals surface area contributed by atoms with E-state index in [9.17, 15) is 27.2 Å². The maximum Gasteiger partial charge on any atom is 0.355 e. The van der Waals surface area contributed by atoms with Crippen molar-refractivity contribution in [2.75, 3.05) is 5.32 Å². The van der Waals surface area contributed by atoms with Crippen LogP contribution in [0.15, 0.2) is 46.4 Å². The van der Waals surface area contributed by atoms with E-state index in [4.69, 9.17) is 23.2 Å². The highest BCUT2D eigenvalue weighted by Gasteiger charge is 2.19. The lowest BCUT2D eigenvalue weighted by atomic mass is 10.2. The lowest BCUT2D eigenvalue weighted by Gasteiger charge is -2.16. The van der Waals surface area contributed by atoms with Gasteiger partial charge in [-0.2, -0.15) is 15.2 Å². The number of aryl methyl sites for hydroxylation is 1. The number of hydrogen-bond acceptors (Lipinski definition) is 7. The van der Waals surface area contributed by atoms with Gasteiger partial charge >= 0.3 is 11.4 Å². The molecule has 3 aromatic heterocycles. The van der Waals surface area contributed by atoms with Crippen LogP contribution in [-0.2, 0) is 26.7 Å². The summed E-state index contributed by atoms with van der Waals surface area (Å²) in [5.74, 6) is -2.63. The van der Waals surface area contributed by atoms with Crippen LogP contribution in [0, 0.1) is 11.6 Å². The molecule has 0 fully saturated rings. The van der Waals surface area contributed by atoms with Crippen LogP contribution in [0.1, 0.15) is 11.4 Å². The van der Waals surface area contributed by atoms with Gasteiger partial charge in [0.05, 0.1) is 34.3 Å². The molecule has 2 aromatic carbocycles. The first kappa shape index (κ1) is 27.3. The smallest absolute Gasteiger partial charge is 0.324 e. The Morgan fingerprint density at radius 1 is 1.00 bits per heavy atom. The Labute approximate surface area is 231 Å². The minimum absolute atomic E-state index is 0.0772. The third-order valence-corrected chi connectivity index (χ3v) is 6.28. The number of rotatable bonds is 8. The van der Waals surface area contributed by atoms with Crippen molar-refractivity contribution in [3.63, 3.8) is 0 Å². The minimum Gasteiger partial charge on any atom is -0.324 e. The predicted octanol–water partition coefficient (Wildman–Crippen LogP) is 3.57. The van der Waals surface area contributed by atoms with E-state index < -0.39 is 41.0 Å². The average Bonchev–Trinajstić information content (AvgIpc) is 3.46. The third kappa shape index (κ3) is 5.56. The molecule has 3 heterocycles. The molecule has 5 rings (SSSR count). The molecule has 11 nitrogen and oxygen atoms in total. The van der Waals surface area contributed by atoms with Gasteiger partial charge in [-0.25, -0.2) is 36.7 Å². The van der Waals surface area contributed by atoms with E-state index in [1.807, 2.05) is 0 Å². The van der Waals surface area contributed by atoms with E-state index in [1.54, 1.807) is 7.05 Å². The van der Waals surface area contributed by atoms with Crippen LogP contribution in [0.25, 0.3) is 10.9 Å². The number of aromatic nitrogens is 8. The Hall–Kier alpha value is -4.24. The maximum atomic E-state index is 14.1. The summed E-state index contributed by atoms with van der Waals surface area (Å²) in [4.78, 5) is 34.4. The molecule has 0 aliphatic rings. The van der Waals surface area contributed by atoms with Crippen LogP contribution in [-0.4, -0.2) is 45.1 Å². The molecule has 208 valence electrons. The fraction of sp³-hybridized carbons (Fsp3) is 0.217. The van der Waals surface area contributed by atoms with Crippen LogP contribution in [0.4, 0.5) is 29.2 Å². The summed E-state index contributed by atoms with van der Waals surface area (Å²) in [5.41, 5.74) is -1.25. The molecule has 17 heteroatoms. The van der Waals surface area contributed by atoms with E-state index in [0.29, 0.717) is 10.9 Å². The van der Waals surface area contributed by atoms with Crippen LogP contribution >= 0.6 is 23.2 Å². The normalized spacial score (nSPS) is 11.6. The van der Waals surface area contributed by atoms with Crippen LogP contribution in [0.2, 0.25) is 10.0 Å². The van der Waals surface area contributed by atoms with Crippen LogP contribution < -0.4 is 16.7 Å². The molecule has 0 saturated carbocycles. The van der Waals surface area contributed by atoms with Crippen molar-refractivity contribution in [3.05, 3.63) is 90.8 Å². The molecular formula is C23H17Cl2F4N9O2. The van der Waals surface area contributed by atoms with Gasteiger partial charge in [0.25, 0.3) is 6.43 Å². The molecule has 0 aliphatic heterocycles. The Morgan fingerprint density at radius 2 is 1.77 bits per heavy atom. The quantitative estimate of drug-likeness (QED) is 0.215. The molecule has 0 aliphatic carbocycles. The van der Waals surface area contributed by atoms with Gasteiger partial charge < -0.3 is 5.32 Å². The second-order valence-corrected chi connectivity index (χ2v) is 9.45. The summed E-state index contributed by atoms with van der Waals surface area (Å²) in [6.45, 7) is -1.33. The van der Waals surface area contributed by atoms with Crippen molar-refractivity contribution in [3.8, 4) is 0 Å². The van der Waals surface area contributed by atoms with E-state index in [2.05, 4.69) is 25.5 Å². The van der Waals surface area contributed by atoms with Crippen molar-refractivity contribution in [1.82, 2.24) is 38.7 Å². The van der Waals surface area contributed by atoms with Gasteiger partial charge in [0.15, 0.2) is 17.5 Å². The lowest BCUT2D eigenvalue weighted by molar-refractivity contribution is 0.122. The van der Waals surface area contributed by atoms with Crippen LogP contribution in [0.5, 0.6) is 0 Å². The van der Waals surface area contributed by atoms with E-state index in [0.717, 1.165) is 25.9 Å². The average molecular weight is 598 g/mol. The summed E-state index contributed by atoms with van der Waals surface area (Å²) in [7, 11) is 1.60. The third-order valence-electron chi connectivity index (χ3n) is 5.69. The fourth-order valence-corrected chi connectivity index (χ4v) is 4.37. The monoisotopic (exact) mass is 597 g/mol. The highest BCUT2D eigenvalue weighted by molar-refractivity contribution is 6.34. The number of alkyl halides is 2. The zero-order valence-corrected chi connectivity index (χ0v) is 21.8. The van der Waals surface area contributed by atoms with Gasteiger partial charge in [-0.05, 0) is 29.8 Å². The summed E-state index contributed by atoms with van der Waals surface area (Å²) < 4.78 is 57.7. The Kier molecular flexibility index (Phi) is 7.33. The number of anilines is 2. The summed E-state index contributed by atoms with van der Waals surface area (Å²) >= 11 is 12.2. The molecular weight excluding hydrogens is 581 g/mol. The molecule has 0 atom stereocenters. The van der Waals surface area contributed by atoms with Gasteiger partial charge in [-0.1, -0.05) is 23.2 Å². The first-order valence-electron chi connectivity index (χ1n) is 11.4. The van der Waals surface area contributed by atoms with E-state index >= 15 is 0 Å². The van der Waals surface area contributed by atoms with Crippen LogP contribution in [0.3, 0.4) is 0 Å². The van der Waals surface area contributed by atoms with Crippen molar-refractivity contribution in [2.45, 2.75) is 26.1 Å². The highest BCUT2D eigenvalue weighted by atomic mass is 35.5. The number of nitrogens with zero attached hydrogens (tertiary/aromatic N) is 8. The van der Waals surface area contributed by atoms with Gasteiger partial charge in [0.2, 0.25) is 5.95 Å². The standard InChI is InChI=1S/C23H17Cl2F4N9O2/c1-35-10-30-19(34-35)9-38-22(39)32-21(37(23(38)40)6-11-2-14(25)20(29)15(26)3-11)31-17-4-12-7-36(8-18(27)28)33-16(12)5-13(17)24/h2-5,7,10,18H,6,8-9H2,1H3,(H,31,32,39). The maximum absolute atomic E-state index is 14.1. The number of nitrogens with one attached hydrogen (secondary N) is 1.